The molecule has 0 atom stereocenters. The van der Waals surface area contributed by atoms with Gasteiger partial charge in [-0.15, -0.1) is 0 Å². The van der Waals surface area contributed by atoms with Crippen LogP contribution in [0, 0.1) is 10.5 Å². The van der Waals surface area contributed by atoms with Crippen molar-refractivity contribution >= 4 is 58.6 Å². The standard InChI is InChI=1S/C14H14O6.C9H7IO2/c1-8-6-11(4-5-13(17)18)7-12(19-9(2)15)14(8)20-10(3)16;10-8-4-1-7(2-5-8)3-6-9(11)12/h4-7H,1-3H3,(H,17,18);1-6H,(H,11,12). The molecule has 0 amide bonds. The second-order valence-electron chi connectivity index (χ2n) is 6.25. The van der Waals surface area contributed by atoms with E-state index in [1.54, 1.807) is 19.1 Å². The summed E-state index contributed by atoms with van der Waals surface area (Å²) >= 11 is 2.20. The highest BCUT2D eigenvalue weighted by molar-refractivity contribution is 14.1. The molecule has 2 rings (SSSR count). The lowest BCUT2D eigenvalue weighted by atomic mass is 10.1. The van der Waals surface area contributed by atoms with Gasteiger partial charge >= 0.3 is 23.9 Å². The van der Waals surface area contributed by atoms with Crippen LogP contribution in [0.15, 0.2) is 48.6 Å². The molecule has 0 aliphatic rings. The lowest BCUT2D eigenvalue weighted by Crippen LogP contribution is -2.08. The molecule has 8 nitrogen and oxygen atoms in total. The average Bonchev–Trinajstić information content (AvgIpc) is 2.68. The lowest BCUT2D eigenvalue weighted by Gasteiger charge is -2.12. The Bertz CT molecular complexity index is 1050. The van der Waals surface area contributed by atoms with Crippen LogP contribution < -0.4 is 9.47 Å². The zero-order valence-electron chi connectivity index (χ0n) is 17.5. The first-order valence-electron chi connectivity index (χ1n) is 9.07. The van der Waals surface area contributed by atoms with Crippen LogP contribution in [0.5, 0.6) is 11.5 Å². The van der Waals surface area contributed by atoms with Crippen LogP contribution in [0.25, 0.3) is 12.2 Å². The summed E-state index contributed by atoms with van der Waals surface area (Å²) in [6.45, 7) is 4.10. The van der Waals surface area contributed by atoms with Crippen molar-refractivity contribution < 1.29 is 38.9 Å². The Morgan fingerprint density at radius 1 is 0.812 bits per heavy atom. The number of esters is 2. The summed E-state index contributed by atoms with van der Waals surface area (Å²) in [5.74, 6) is -2.93. The molecule has 0 spiro atoms. The van der Waals surface area contributed by atoms with Crippen LogP contribution in [0.3, 0.4) is 0 Å². The van der Waals surface area contributed by atoms with Crippen LogP contribution in [0.2, 0.25) is 0 Å². The molecule has 0 unspecified atom stereocenters. The predicted octanol–water partition coefficient (Wildman–Crippen LogP) is 4.33. The first-order valence-corrected chi connectivity index (χ1v) is 10.1. The zero-order chi connectivity index (χ0) is 24.3. The maximum absolute atomic E-state index is 11.1. The van der Waals surface area contributed by atoms with Gasteiger partial charge in [0.1, 0.15) is 0 Å². The van der Waals surface area contributed by atoms with Gasteiger partial charge in [0.25, 0.3) is 0 Å². The van der Waals surface area contributed by atoms with E-state index in [-0.39, 0.29) is 11.5 Å². The molecule has 0 aromatic heterocycles. The summed E-state index contributed by atoms with van der Waals surface area (Å²) in [5.41, 5.74) is 1.96. The van der Waals surface area contributed by atoms with Gasteiger partial charge in [0.2, 0.25) is 0 Å². The third-order valence-corrected chi connectivity index (χ3v) is 4.19. The van der Waals surface area contributed by atoms with Crippen LogP contribution in [-0.4, -0.2) is 34.1 Å². The fourth-order valence-corrected chi connectivity index (χ4v) is 2.64. The number of benzene rings is 2. The molecular formula is C23H21IO8. The third-order valence-electron chi connectivity index (χ3n) is 3.47. The zero-order valence-corrected chi connectivity index (χ0v) is 19.7. The minimum Gasteiger partial charge on any atom is -0.478 e. The van der Waals surface area contributed by atoms with Crippen LogP contribution in [0.1, 0.15) is 30.5 Å². The van der Waals surface area contributed by atoms with Crippen LogP contribution in [0.4, 0.5) is 0 Å². The van der Waals surface area contributed by atoms with Gasteiger partial charge in [0.05, 0.1) is 0 Å². The van der Waals surface area contributed by atoms with E-state index in [4.69, 9.17) is 19.7 Å². The number of carboxylic acid groups (broad SMARTS) is 2. The van der Waals surface area contributed by atoms with Crippen LogP contribution in [-0.2, 0) is 19.2 Å². The van der Waals surface area contributed by atoms with Crippen molar-refractivity contribution in [3.63, 3.8) is 0 Å². The average molecular weight is 552 g/mol. The Labute approximate surface area is 198 Å². The largest absolute Gasteiger partial charge is 0.478 e. The van der Waals surface area contributed by atoms with Gasteiger partial charge in [-0.25, -0.2) is 9.59 Å². The number of hydrogen-bond donors (Lipinski definition) is 2. The van der Waals surface area contributed by atoms with Crippen molar-refractivity contribution in [3.05, 3.63) is 68.8 Å². The van der Waals surface area contributed by atoms with E-state index >= 15 is 0 Å². The molecule has 0 aliphatic carbocycles. The molecule has 2 aromatic rings. The third kappa shape index (κ3) is 10.5. The molecular weight excluding hydrogens is 531 g/mol. The van der Waals surface area contributed by atoms with Crippen molar-refractivity contribution in [2.45, 2.75) is 20.8 Å². The van der Waals surface area contributed by atoms with Gasteiger partial charge < -0.3 is 19.7 Å². The first kappa shape index (κ1) is 26.6. The monoisotopic (exact) mass is 552 g/mol. The summed E-state index contributed by atoms with van der Waals surface area (Å²) in [7, 11) is 0. The Morgan fingerprint density at radius 3 is 1.78 bits per heavy atom. The number of ether oxygens (including phenoxy) is 2. The van der Waals surface area contributed by atoms with E-state index in [1.807, 2.05) is 24.3 Å². The van der Waals surface area contributed by atoms with Gasteiger partial charge in [0, 0.05) is 29.6 Å². The summed E-state index contributed by atoms with van der Waals surface area (Å²) in [6.07, 6.45) is 5.00. The number of halogens is 1. The fourth-order valence-electron chi connectivity index (χ4n) is 2.28. The Balaban J connectivity index is 0.000000363. The predicted molar refractivity (Wildman–Crippen MR) is 126 cm³/mol. The van der Waals surface area contributed by atoms with Gasteiger partial charge in [0.15, 0.2) is 11.5 Å². The normalized spacial score (nSPS) is 10.4. The first-order chi connectivity index (χ1) is 15.0. The highest BCUT2D eigenvalue weighted by atomic mass is 127. The van der Waals surface area contributed by atoms with Crippen molar-refractivity contribution in [1.29, 1.82) is 0 Å². The van der Waals surface area contributed by atoms with E-state index in [2.05, 4.69) is 22.6 Å². The molecule has 32 heavy (non-hydrogen) atoms. The van der Waals surface area contributed by atoms with Crippen molar-refractivity contribution in [3.8, 4) is 11.5 Å². The molecule has 168 valence electrons. The van der Waals surface area contributed by atoms with Gasteiger partial charge in [-0.1, -0.05) is 12.1 Å². The molecule has 2 aromatic carbocycles. The smallest absolute Gasteiger partial charge is 0.328 e. The van der Waals surface area contributed by atoms with E-state index in [1.165, 1.54) is 26.0 Å². The quantitative estimate of drug-likeness (QED) is 0.235. The molecule has 9 heteroatoms. The minimum absolute atomic E-state index is 0.0674. The van der Waals surface area contributed by atoms with Gasteiger partial charge in [-0.3, -0.25) is 9.59 Å². The van der Waals surface area contributed by atoms with E-state index in [0.717, 1.165) is 21.3 Å². The number of aryl methyl sites for hydroxylation is 1. The van der Waals surface area contributed by atoms with Crippen molar-refractivity contribution in [2.24, 2.45) is 0 Å². The fraction of sp³-hybridized carbons (Fsp3) is 0.130. The van der Waals surface area contributed by atoms with Gasteiger partial charge in [-0.05, 0) is 82.6 Å². The SMILES string of the molecule is CC(=O)Oc1cc(C=CC(=O)O)cc(C)c1OC(C)=O.O=C(O)C=Cc1ccc(I)cc1. The second kappa shape index (κ2) is 13.1. The second-order valence-corrected chi connectivity index (χ2v) is 7.49. The highest BCUT2D eigenvalue weighted by Gasteiger charge is 2.14. The maximum atomic E-state index is 11.1. The summed E-state index contributed by atoms with van der Waals surface area (Å²) in [6, 6.07) is 10.7. The molecule has 2 N–H and O–H groups in total. The number of aliphatic carboxylic acids is 2. The number of carbonyl (C=O) groups excluding carboxylic acids is 2. The van der Waals surface area contributed by atoms with Crippen molar-refractivity contribution in [1.82, 2.24) is 0 Å². The van der Waals surface area contributed by atoms with Gasteiger partial charge in [-0.2, -0.15) is 0 Å². The molecule has 0 saturated carbocycles. The lowest BCUT2D eigenvalue weighted by molar-refractivity contribution is -0.134. The van der Waals surface area contributed by atoms with E-state index < -0.39 is 23.9 Å². The molecule has 0 bridgehead atoms. The topological polar surface area (TPSA) is 127 Å². The summed E-state index contributed by atoms with van der Waals surface area (Å²) in [5, 5.41) is 16.9. The number of hydrogen-bond acceptors (Lipinski definition) is 6. The molecule has 0 aliphatic heterocycles. The molecule has 0 saturated heterocycles. The number of carboxylic acids is 2. The highest BCUT2D eigenvalue weighted by Crippen LogP contribution is 2.33. The summed E-state index contributed by atoms with van der Waals surface area (Å²) < 4.78 is 11.1. The van der Waals surface area contributed by atoms with Crippen molar-refractivity contribution in [2.75, 3.05) is 0 Å². The molecule has 0 heterocycles. The Morgan fingerprint density at radius 2 is 1.31 bits per heavy atom. The van der Waals surface area contributed by atoms with E-state index in [0.29, 0.717) is 11.1 Å². The number of carbonyl (C=O) groups is 4. The summed E-state index contributed by atoms with van der Waals surface area (Å²) in [4.78, 5) is 42.8. The Hall–Kier alpha value is -3.47. The van der Waals surface area contributed by atoms with Crippen LogP contribution >= 0.6 is 22.6 Å². The minimum atomic E-state index is -1.10. The maximum Gasteiger partial charge on any atom is 0.328 e. The van der Waals surface area contributed by atoms with E-state index in [9.17, 15) is 19.2 Å². The Kier molecular flexibility index (Phi) is 10.8. The molecule has 0 radical (unpaired) electrons. The molecule has 0 fully saturated rings. The number of rotatable bonds is 6.